The largest absolute Gasteiger partial charge is 0.376 e. The lowest BCUT2D eigenvalue weighted by Crippen LogP contribution is -2.50. The van der Waals surface area contributed by atoms with Crippen molar-refractivity contribution in [2.45, 2.75) is 82.9 Å². The summed E-state index contributed by atoms with van der Waals surface area (Å²) in [5.41, 5.74) is 3.10. The summed E-state index contributed by atoms with van der Waals surface area (Å²) in [4.78, 5) is 13.2. The van der Waals surface area contributed by atoms with Crippen LogP contribution in [0.2, 0.25) is 0 Å². The molecule has 0 bridgehead atoms. The van der Waals surface area contributed by atoms with E-state index < -0.39 is 10.0 Å². The maximum absolute atomic E-state index is 13.2. The molecule has 0 saturated heterocycles. The Morgan fingerprint density at radius 3 is 2.39 bits per heavy atom. The fourth-order valence-electron chi connectivity index (χ4n) is 5.31. The van der Waals surface area contributed by atoms with E-state index in [1.165, 1.54) is 5.56 Å². The summed E-state index contributed by atoms with van der Waals surface area (Å²) in [5.74, 6) is 0.595. The van der Waals surface area contributed by atoms with Crippen molar-refractivity contribution in [2.24, 2.45) is 0 Å². The van der Waals surface area contributed by atoms with E-state index in [1.807, 2.05) is 19.1 Å². The maximum atomic E-state index is 13.2. The van der Waals surface area contributed by atoms with Crippen molar-refractivity contribution in [3.05, 3.63) is 69.6 Å². The molecule has 1 aliphatic carbocycles. The number of hydrogen-bond donors (Lipinski definition) is 1. The highest BCUT2D eigenvalue weighted by molar-refractivity contribution is 7.89. The van der Waals surface area contributed by atoms with Gasteiger partial charge in [-0.15, -0.1) is 0 Å². The number of sulfonamides is 1. The quantitative estimate of drug-likeness (QED) is 0.631. The lowest BCUT2D eigenvalue weighted by molar-refractivity contribution is -0.00170. The molecule has 180 valence electrons. The van der Waals surface area contributed by atoms with E-state index in [1.54, 1.807) is 11.5 Å². The van der Waals surface area contributed by atoms with Crippen LogP contribution in [0.5, 0.6) is 0 Å². The highest BCUT2D eigenvalue weighted by Crippen LogP contribution is 2.35. The van der Waals surface area contributed by atoms with E-state index in [2.05, 4.69) is 35.1 Å². The van der Waals surface area contributed by atoms with Crippen molar-refractivity contribution in [1.82, 2.24) is 9.29 Å². The zero-order valence-corrected chi connectivity index (χ0v) is 20.5. The first-order valence-corrected chi connectivity index (χ1v) is 14.0. The summed E-state index contributed by atoms with van der Waals surface area (Å²) in [6.45, 7) is 3.95. The first kappa shape index (κ1) is 24.2. The Kier molecular flexibility index (Phi) is 7.72. The average molecular weight is 473 g/mol. The summed E-state index contributed by atoms with van der Waals surface area (Å²) in [6.07, 6.45) is 6.27. The van der Waals surface area contributed by atoms with Gasteiger partial charge in [0.15, 0.2) is 0 Å². The number of nitrogens with zero attached hydrogens (tertiary/aromatic N) is 1. The van der Waals surface area contributed by atoms with Crippen molar-refractivity contribution in [2.75, 3.05) is 12.4 Å². The Bertz CT molecular complexity index is 1090. The second kappa shape index (κ2) is 10.5. The number of aryl methyl sites for hydroxylation is 2. The third-order valence-corrected chi connectivity index (χ3v) is 8.75. The minimum atomic E-state index is -3.39. The summed E-state index contributed by atoms with van der Waals surface area (Å²) < 4.78 is 35.8. The van der Waals surface area contributed by atoms with Crippen LogP contribution < -0.4 is 10.3 Å². The third-order valence-electron chi connectivity index (χ3n) is 7.33. The molecule has 0 unspecified atom stereocenters. The predicted molar refractivity (Wildman–Crippen MR) is 131 cm³/mol. The SMILES string of the molecule is CCc1ccc2n(c1=O)[C@@H](COC1CCC(c3ccccc3)CC1)[C@@H](NS(=O)(=O)CC)CC2. The average Bonchev–Trinajstić information content (AvgIpc) is 2.84. The van der Waals surface area contributed by atoms with Gasteiger partial charge in [0.05, 0.1) is 24.5 Å². The standard InChI is InChI=1S/C26H36N2O4S/c1-3-19-10-13-22-14-17-24(27-33(30,31)4-2)25(28(22)26(19)29)18-32-23-15-11-21(12-16-23)20-8-6-5-7-9-20/h5-10,13,21,23-25,27H,3-4,11-12,14-18H2,1-2H3/t21?,23?,24-,25-/m0/s1. The maximum Gasteiger partial charge on any atom is 0.254 e. The minimum absolute atomic E-state index is 0.0169. The smallest absolute Gasteiger partial charge is 0.254 e. The first-order chi connectivity index (χ1) is 15.9. The monoisotopic (exact) mass is 472 g/mol. The number of aromatic nitrogens is 1. The zero-order chi connectivity index (χ0) is 23.4. The van der Waals surface area contributed by atoms with E-state index in [-0.39, 0.29) is 29.5 Å². The highest BCUT2D eigenvalue weighted by atomic mass is 32.2. The van der Waals surface area contributed by atoms with Gasteiger partial charge in [-0.1, -0.05) is 43.3 Å². The van der Waals surface area contributed by atoms with Crippen LogP contribution >= 0.6 is 0 Å². The third kappa shape index (κ3) is 5.58. The molecule has 1 N–H and O–H groups in total. The van der Waals surface area contributed by atoms with Crippen molar-refractivity contribution in [3.63, 3.8) is 0 Å². The lowest BCUT2D eigenvalue weighted by Gasteiger charge is -2.37. The topological polar surface area (TPSA) is 77.4 Å². The van der Waals surface area contributed by atoms with Crippen LogP contribution in [0.3, 0.4) is 0 Å². The van der Waals surface area contributed by atoms with Gasteiger partial charge in [-0.05, 0) is 69.4 Å². The van der Waals surface area contributed by atoms with Crippen LogP contribution in [-0.4, -0.2) is 37.5 Å². The van der Waals surface area contributed by atoms with E-state index >= 15 is 0 Å². The van der Waals surface area contributed by atoms with Crippen LogP contribution in [0, 0.1) is 0 Å². The fraction of sp³-hybridized carbons (Fsp3) is 0.577. The molecule has 7 heteroatoms. The summed E-state index contributed by atoms with van der Waals surface area (Å²) in [5, 5.41) is 0. The molecule has 0 amide bonds. The molecule has 4 rings (SSSR count). The van der Waals surface area contributed by atoms with Gasteiger partial charge in [0.1, 0.15) is 0 Å². The van der Waals surface area contributed by atoms with Crippen LogP contribution in [0.15, 0.2) is 47.3 Å². The van der Waals surface area contributed by atoms with Gasteiger partial charge in [-0.2, -0.15) is 0 Å². The zero-order valence-electron chi connectivity index (χ0n) is 19.7. The molecule has 1 aromatic carbocycles. The van der Waals surface area contributed by atoms with Gasteiger partial charge >= 0.3 is 0 Å². The van der Waals surface area contributed by atoms with Gasteiger partial charge in [0.25, 0.3) is 5.56 Å². The Balaban J connectivity index is 1.49. The second-order valence-corrected chi connectivity index (χ2v) is 11.4. The Morgan fingerprint density at radius 1 is 1.00 bits per heavy atom. The molecule has 1 saturated carbocycles. The number of rotatable bonds is 8. The van der Waals surface area contributed by atoms with Crippen molar-refractivity contribution in [1.29, 1.82) is 0 Å². The number of nitrogens with one attached hydrogen (secondary N) is 1. The second-order valence-electron chi connectivity index (χ2n) is 9.33. The number of ether oxygens (including phenoxy) is 1. The lowest BCUT2D eigenvalue weighted by atomic mass is 9.83. The molecular weight excluding hydrogens is 436 g/mol. The van der Waals surface area contributed by atoms with E-state index in [0.29, 0.717) is 31.8 Å². The van der Waals surface area contributed by atoms with Gasteiger partial charge in [-0.25, -0.2) is 13.1 Å². The number of benzene rings is 1. The number of fused-ring (bicyclic) bond motifs is 1. The Hall–Kier alpha value is -1.96. The fourth-order valence-corrected chi connectivity index (χ4v) is 6.21. The van der Waals surface area contributed by atoms with Gasteiger partial charge in [0.2, 0.25) is 10.0 Å². The molecule has 2 heterocycles. The van der Waals surface area contributed by atoms with Crippen LogP contribution in [0.1, 0.15) is 74.7 Å². The van der Waals surface area contributed by atoms with E-state index in [4.69, 9.17) is 4.74 Å². The predicted octanol–water partition coefficient (Wildman–Crippen LogP) is 3.95. The van der Waals surface area contributed by atoms with Crippen molar-refractivity contribution in [3.8, 4) is 0 Å². The van der Waals surface area contributed by atoms with Crippen LogP contribution in [0.25, 0.3) is 0 Å². The molecule has 0 radical (unpaired) electrons. The molecule has 1 fully saturated rings. The molecule has 0 spiro atoms. The van der Waals surface area contributed by atoms with Crippen molar-refractivity contribution < 1.29 is 13.2 Å². The molecule has 1 aliphatic heterocycles. The minimum Gasteiger partial charge on any atom is -0.376 e. The highest BCUT2D eigenvalue weighted by Gasteiger charge is 2.34. The molecule has 1 aromatic heterocycles. The summed E-state index contributed by atoms with van der Waals surface area (Å²) >= 11 is 0. The Morgan fingerprint density at radius 2 is 1.73 bits per heavy atom. The molecule has 2 atom stereocenters. The van der Waals surface area contributed by atoms with Crippen LogP contribution in [-0.2, 0) is 27.6 Å². The molecule has 33 heavy (non-hydrogen) atoms. The van der Waals surface area contributed by atoms with Crippen LogP contribution in [0.4, 0.5) is 0 Å². The molecular formula is C26H36N2O4S. The molecule has 6 nitrogen and oxygen atoms in total. The Labute approximate surface area is 197 Å². The summed E-state index contributed by atoms with van der Waals surface area (Å²) in [6, 6.07) is 13.9. The molecule has 2 aliphatic rings. The summed E-state index contributed by atoms with van der Waals surface area (Å²) in [7, 11) is -3.39. The van der Waals surface area contributed by atoms with Gasteiger partial charge < -0.3 is 9.30 Å². The van der Waals surface area contributed by atoms with Crippen molar-refractivity contribution >= 4 is 10.0 Å². The first-order valence-electron chi connectivity index (χ1n) is 12.3. The molecule has 2 aromatic rings. The van der Waals surface area contributed by atoms with Gasteiger partial charge in [-0.3, -0.25) is 4.79 Å². The number of hydrogen-bond acceptors (Lipinski definition) is 4. The van der Waals surface area contributed by atoms with E-state index in [0.717, 1.165) is 36.9 Å². The van der Waals surface area contributed by atoms with E-state index in [9.17, 15) is 13.2 Å². The normalized spacial score (nSPS) is 25.5. The number of pyridine rings is 1. The van der Waals surface area contributed by atoms with Gasteiger partial charge in [0, 0.05) is 17.3 Å².